The van der Waals surface area contributed by atoms with Crippen molar-refractivity contribution in [2.45, 2.75) is 0 Å². The zero-order chi connectivity index (χ0) is 24.5. The minimum Gasteiger partial charge on any atom is -0.493 e. The van der Waals surface area contributed by atoms with Gasteiger partial charge in [0.05, 0.1) is 12.1 Å². The summed E-state index contributed by atoms with van der Waals surface area (Å²) in [7, 11) is 1.41. The molecule has 0 saturated heterocycles. The van der Waals surface area contributed by atoms with Crippen molar-refractivity contribution < 1.29 is 19.1 Å². The van der Waals surface area contributed by atoms with Crippen molar-refractivity contribution >= 4 is 52.5 Å². The van der Waals surface area contributed by atoms with Crippen LogP contribution in [-0.2, 0) is 9.59 Å². The Hall–Kier alpha value is -3.99. The predicted octanol–water partition coefficient (Wildman–Crippen LogP) is 5.57. The molecule has 3 aromatic carbocycles. The van der Waals surface area contributed by atoms with Crippen molar-refractivity contribution in [2.75, 3.05) is 24.4 Å². The number of carbonyl (C=O) groups is 2. The SMILES string of the molecule is COc1cc(/C=C(\C#N)C(=O)Nc2ccc(Cl)cc2)cc(Cl)c1OCC(=O)Nc1ccccc1. The van der Waals surface area contributed by atoms with E-state index in [2.05, 4.69) is 10.6 Å². The van der Waals surface area contributed by atoms with E-state index in [4.69, 9.17) is 32.7 Å². The Morgan fingerprint density at radius 3 is 2.32 bits per heavy atom. The fourth-order valence-corrected chi connectivity index (χ4v) is 3.27. The van der Waals surface area contributed by atoms with E-state index >= 15 is 0 Å². The van der Waals surface area contributed by atoms with Gasteiger partial charge in [0, 0.05) is 16.4 Å². The van der Waals surface area contributed by atoms with Crippen molar-refractivity contribution in [3.8, 4) is 17.6 Å². The second-order valence-corrected chi connectivity index (χ2v) is 7.71. The molecule has 0 aliphatic heterocycles. The highest BCUT2D eigenvalue weighted by molar-refractivity contribution is 6.32. The van der Waals surface area contributed by atoms with Crippen LogP contribution in [0, 0.1) is 11.3 Å². The number of carbonyl (C=O) groups excluding carboxylic acids is 2. The zero-order valence-electron chi connectivity index (χ0n) is 18.0. The van der Waals surface area contributed by atoms with Gasteiger partial charge in [-0.15, -0.1) is 0 Å². The third-order valence-corrected chi connectivity index (χ3v) is 4.97. The highest BCUT2D eigenvalue weighted by Gasteiger charge is 2.16. The number of nitrogens with one attached hydrogen (secondary N) is 2. The highest BCUT2D eigenvalue weighted by atomic mass is 35.5. The molecule has 0 aliphatic carbocycles. The Kier molecular flexibility index (Phi) is 8.52. The lowest BCUT2D eigenvalue weighted by molar-refractivity contribution is -0.118. The number of rotatable bonds is 8. The summed E-state index contributed by atoms with van der Waals surface area (Å²) >= 11 is 12.2. The van der Waals surface area contributed by atoms with Gasteiger partial charge in [0.1, 0.15) is 11.6 Å². The van der Waals surface area contributed by atoms with Crippen LogP contribution in [-0.4, -0.2) is 25.5 Å². The molecule has 7 nitrogen and oxygen atoms in total. The molecule has 0 radical (unpaired) electrons. The summed E-state index contributed by atoms with van der Waals surface area (Å²) in [5, 5.41) is 15.5. The van der Waals surface area contributed by atoms with E-state index in [0.29, 0.717) is 22.0 Å². The second-order valence-electron chi connectivity index (χ2n) is 6.87. The van der Waals surface area contributed by atoms with Gasteiger partial charge in [0.2, 0.25) is 0 Å². The number of benzene rings is 3. The van der Waals surface area contributed by atoms with Gasteiger partial charge < -0.3 is 20.1 Å². The number of halogens is 2. The number of hydrogen-bond acceptors (Lipinski definition) is 5. The molecule has 0 unspecified atom stereocenters. The van der Waals surface area contributed by atoms with Crippen LogP contribution >= 0.6 is 23.2 Å². The first-order valence-electron chi connectivity index (χ1n) is 9.93. The van der Waals surface area contributed by atoms with Gasteiger partial charge >= 0.3 is 0 Å². The number of anilines is 2. The van der Waals surface area contributed by atoms with Gasteiger partial charge in [-0.1, -0.05) is 41.4 Å². The van der Waals surface area contributed by atoms with Crippen LogP contribution in [0.4, 0.5) is 11.4 Å². The summed E-state index contributed by atoms with van der Waals surface area (Å²) < 4.78 is 10.9. The monoisotopic (exact) mass is 495 g/mol. The lowest BCUT2D eigenvalue weighted by Gasteiger charge is -2.13. The van der Waals surface area contributed by atoms with Crippen LogP contribution in [0.5, 0.6) is 11.5 Å². The fourth-order valence-electron chi connectivity index (χ4n) is 2.87. The van der Waals surface area contributed by atoms with Crippen molar-refractivity contribution in [1.82, 2.24) is 0 Å². The quantitative estimate of drug-likeness (QED) is 0.314. The van der Waals surface area contributed by atoms with Gasteiger partial charge in [-0.2, -0.15) is 5.26 Å². The molecular weight excluding hydrogens is 477 g/mol. The summed E-state index contributed by atoms with van der Waals surface area (Å²) in [6.45, 7) is -0.299. The largest absolute Gasteiger partial charge is 0.493 e. The number of nitrogens with zero attached hydrogens (tertiary/aromatic N) is 1. The molecule has 172 valence electrons. The molecule has 0 spiro atoms. The smallest absolute Gasteiger partial charge is 0.266 e. The first-order chi connectivity index (χ1) is 16.4. The average molecular weight is 496 g/mol. The third-order valence-electron chi connectivity index (χ3n) is 4.44. The fraction of sp³-hybridized carbons (Fsp3) is 0.0800. The van der Waals surface area contributed by atoms with Gasteiger partial charge in [-0.25, -0.2) is 0 Å². The zero-order valence-corrected chi connectivity index (χ0v) is 19.5. The Morgan fingerprint density at radius 1 is 1.00 bits per heavy atom. The molecule has 3 aromatic rings. The van der Waals surface area contributed by atoms with E-state index in [1.165, 1.54) is 19.3 Å². The topological polar surface area (TPSA) is 100 Å². The van der Waals surface area contributed by atoms with Crippen LogP contribution in [0.1, 0.15) is 5.56 Å². The molecule has 0 atom stereocenters. The van der Waals surface area contributed by atoms with Crippen molar-refractivity contribution in [3.63, 3.8) is 0 Å². The van der Waals surface area contributed by atoms with E-state index < -0.39 is 5.91 Å². The Morgan fingerprint density at radius 2 is 1.68 bits per heavy atom. The van der Waals surface area contributed by atoms with Crippen LogP contribution in [0.25, 0.3) is 6.08 Å². The third kappa shape index (κ3) is 6.75. The standard InChI is InChI=1S/C25H19Cl2N3O4/c1-33-22-13-16(11-17(14-28)25(32)30-20-9-7-18(26)8-10-20)12-21(27)24(22)34-15-23(31)29-19-5-3-2-4-6-19/h2-13H,15H2,1H3,(H,29,31)(H,30,32)/b17-11+. The number of para-hydroxylation sites is 1. The summed E-state index contributed by atoms with van der Waals surface area (Å²) in [6, 6.07) is 20.3. The maximum atomic E-state index is 12.5. The van der Waals surface area contributed by atoms with Crippen LogP contribution in [0.3, 0.4) is 0 Å². The Bertz CT molecular complexity index is 1250. The number of hydrogen-bond donors (Lipinski definition) is 2. The molecule has 0 bridgehead atoms. The maximum absolute atomic E-state index is 12.5. The second kappa shape index (κ2) is 11.8. The molecule has 9 heteroatoms. The molecule has 0 aromatic heterocycles. The number of nitriles is 1. The van der Waals surface area contributed by atoms with E-state index in [1.807, 2.05) is 12.1 Å². The minimum absolute atomic E-state index is 0.147. The maximum Gasteiger partial charge on any atom is 0.266 e. The molecule has 2 N–H and O–H groups in total. The predicted molar refractivity (Wildman–Crippen MR) is 132 cm³/mol. The van der Waals surface area contributed by atoms with Crippen molar-refractivity contribution in [3.05, 3.63) is 87.9 Å². The van der Waals surface area contributed by atoms with Gasteiger partial charge in [-0.05, 0) is 60.2 Å². The first kappa shape index (κ1) is 24.6. The summed E-state index contributed by atoms with van der Waals surface area (Å²) in [5.41, 5.74) is 1.41. The number of methoxy groups -OCH3 is 1. The van der Waals surface area contributed by atoms with Gasteiger partial charge in [0.15, 0.2) is 18.1 Å². The molecule has 34 heavy (non-hydrogen) atoms. The van der Waals surface area contributed by atoms with E-state index in [1.54, 1.807) is 54.6 Å². The first-order valence-corrected chi connectivity index (χ1v) is 10.7. The molecule has 2 amide bonds. The number of amides is 2. The van der Waals surface area contributed by atoms with E-state index in [-0.39, 0.29) is 34.6 Å². The highest BCUT2D eigenvalue weighted by Crippen LogP contribution is 2.37. The lowest BCUT2D eigenvalue weighted by Crippen LogP contribution is -2.20. The average Bonchev–Trinajstić information content (AvgIpc) is 2.83. The Labute approximate surface area is 206 Å². The van der Waals surface area contributed by atoms with Crippen LogP contribution in [0.15, 0.2) is 72.3 Å². The molecule has 0 heterocycles. The summed E-state index contributed by atoms with van der Waals surface area (Å²) in [4.78, 5) is 24.7. The van der Waals surface area contributed by atoms with Gasteiger partial charge in [0.25, 0.3) is 11.8 Å². The normalized spacial score (nSPS) is 10.7. The minimum atomic E-state index is -0.599. The van der Waals surface area contributed by atoms with Gasteiger partial charge in [-0.3, -0.25) is 9.59 Å². The summed E-state index contributed by atoms with van der Waals surface area (Å²) in [6.07, 6.45) is 1.37. The summed E-state index contributed by atoms with van der Waals surface area (Å²) in [5.74, 6) is -0.577. The molecule has 3 rings (SSSR count). The molecular formula is C25H19Cl2N3O4. The van der Waals surface area contributed by atoms with Crippen LogP contribution < -0.4 is 20.1 Å². The molecule has 0 aliphatic rings. The lowest BCUT2D eigenvalue weighted by atomic mass is 10.1. The van der Waals surface area contributed by atoms with E-state index in [0.717, 1.165) is 0 Å². The van der Waals surface area contributed by atoms with E-state index in [9.17, 15) is 14.9 Å². The van der Waals surface area contributed by atoms with Crippen LogP contribution in [0.2, 0.25) is 10.0 Å². The van der Waals surface area contributed by atoms with Crippen molar-refractivity contribution in [2.24, 2.45) is 0 Å². The number of ether oxygens (including phenoxy) is 2. The van der Waals surface area contributed by atoms with Crippen molar-refractivity contribution in [1.29, 1.82) is 5.26 Å². The molecule has 0 saturated carbocycles. The Balaban J connectivity index is 1.73. The molecule has 0 fully saturated rings.